The molecular formula is C20H26FIN4O. The summed E-state index contributed by atoms with van der Waals surface area (Å²) < 4.78 is 13.5. The Labute approximate surface area is 173 Å². The zero-order valence-electron chi connectivity index (χ0n) is 15.8. The third kappa shape index (κ3) is 4.90. The van der Waals surface area contributed by atoms with Crippen LogP contribution in [0.3, 0.4) is 0 Å². The molecule has 0 aliphatic carbocycles. The molecule has 0 spiro atoms. The maximum Gasteiger partial charge on any atom is 0.330 e. The molecule has 0 saturated carbocycles. The number of nitrogens with zero attached hydrogens (tertiary/aromatic N) is 2. The average molecular weight is 484 g/mol. The highest BCUT2D eigenvalue weighted by Gasteiger charge is 2.34. The first-order valence-corrected chi connectivity index (χ1v) is 10.1. The van der Waals surface area contributed by atoms with Crippen LogP contribution in [-0.2, 0) is 6.54 Å². The number of hydrogen-bond donors (Lipinski definition) is 2. The van der Waals surface area contributed by atoms with Gasteiger partial charge in [0.05, 0.1) is 10.6 Å². The molecule has 0 aromatic heterocycles. The van der Waals surface area contributed by atoms with Crippen LogP contribution in [0.1, 0.15) is 25.8 Å². The number of hydrogen-bond acceptors (Lipinski definition) is 3. The predicted octanol–water partition coefficient (Wildman–Crippen LogP) is 4.08. The van der Waals surface area contributed by atoms with Crippen molar-refractivity contribution in [1.29, 1.82) is 0 Å². The third-order valence-electron chi connectivity index (χ3n) is 4.44. The van der Waals surface area contributed by atoms with Crippen LogP contribution >= 0.6 is 22.6 Å². The third-order valence-corrected chi connectivity index (χ3v) is 5.76. The number of amides is 2. The van der Waals surface area contributed by atoms with Crippen molar-refractivity contribution in [3.8, 4) is 0 Å². The number of benzene rings is 1. The molecule has 1 aliphatic heterocycles. The number of halogens is 2. The largest absolute Gasteiger partial charge is 0.384 e. The zero-order chi connectivity index (χ0) is 20.1. The second-order valence-corrected chi connectivity index (χ2v) is 7.81. The van der Waals surface area contributed by atoms with E-state index in [0.29, 0.717) is 34.2 Å². The van der Waals surface area contributed by atoms with E-state index in [1.165, 1.54) is 17.0 Å². The van der Waals surface area contributed by atoms with Gasteiger partial charge in [0, 0.05) is 24.4 Å². The summed E-state index contributed by atoms with van der Waals surface area (Å²) in [6.45, 7) is 13.5. The first-order chi connectivity index (χ1) is 12.8. The van der Waals surface area contributed by atoms with Gasteiger partial charge in [0.25, 0.3) is 0 Å². The second kappa shape index (κ2) is 9.36. The fourth-order valence-corrected chi connectivity index (χ4v) is 3.11. The maximum atomic E-state index is 13.2. The van der Waals surface area contributed by atoms with Crippen molar-refractivity contribution in [1.82, 2.24) is 15.1 Å². The topological polar surface area (TPSA) is 61.6 Å². The van der Waals surface area contributed by atoms with Crippen molar-refractivity contribution in [3.05, 3.63) is 71.5 Å². The smallest absolute Gasteiger partial charge is 0.330 e. The van der Waals surface area contributed by atoms with Gasteiger partial charge in [0.1, 0.15) is 11.6 Å². The summed E-state index contributed by atoms with van der Waals surface area (Å²) in [7, 11) is 0. The first-order valence-electron chi connectivity index (χ1n) is 8.88. The molecule has 0 bridgehead atoms. The molecule has 7 heteroatoms. The van der Waals surface area contributed by atoms with E-state index in [9.17, 15) is 9.18 Å². The molecule has 0 fully saturated rings. The normalized spacial score (nSPS) is 16.1. The van der Waals surface area contributed by atoms with Crippen molar-refractivity contribution >= 4 is 28.6 Å². The molecule has 0 radical (unpaired) electrons. The first kappa shape index (κ1) is 21.4. The van der Waals surface area contributed by atoms with Gasteiger partial charge in [-0.25, -0.2) is 9.18 Å². The Morgan fingerprint density at radius 1 is 1.30 bits per heavy atom. The number of urea groups is 1. The van der Waals surface area contributed by atoms with Gasteiger partial charge in [-0.2, -0.15) is 0 Å². The summed E-state index contributed by atoms with van der Waals surface area (Å²) in [6, 6.07) is 5.79. The average Bonchev–Trinajstić information content (AvgIpc) is 2.65. The number of carbonyl (C=O) groups excluding carboxylic acids is 1. The second-order valence-electron chi connectivity index (χ2n) is 6.31. The standard InChI is InChI=1S/C20H26FIN4O/c1-5-17(22)24-11-13(3)18-14(4)25(6-2)20(27)26(19(18)23)12-15-7-9-16(21)10-8-15/h7-10,17,24H,3-6,11-12,23H2,1-2H3/t17-/m0/s1. The van der Waals surface area contributed by atoms with Gasteiger partial charge in [0.15, 0.2) is 0 Å². The van der Waals surface area contributed by atoms with Crippen molar-refractivity contribution in [2.45, 2.75) is 30.9 Å². The lowest BCUT2D eigenvalue weighted by molar-refractivity contribution is 0.172. The molecule has 27 heavy (non-hydrogen) atoms. The molecule has 0 saturated heterocycles. The molecule has 1 aliphatic rings. The van der Waals surface area contributed by atoms with Crippen LogP contribution in [0, 0.1) is 5.82 Å². The zero-order valence-corrected chi connectivity index (χ0v) is 17.9. The van der Waals surface area contributed by atoms with E-state index < -0.39 is 0 Å². The molecule has 0 unspecified atom stereocenters. The fourth-order valence-electron chi connectivity index (χ4n) is 2.89. The van der Waals surface area contributed by atoms with E-state index in [0.717, 1.165) is 17.6 Å². The van der Waals surface area contributed by atoms with Crippen LogP contribution in [0.15, 0.2) is 60.1 Å². The highest BCUT2D eigenvalue weighted by atomic mass is 127. The minimum atomic E-state index is -0.319. The lowest BCUT2D eigenvalue weighted by Gasteiger charge is -2.38. The summed E-state index contributed by atoms with van der Waals surface area (Å²) >= 11 is 2.33. The SMILES string of the molecule is C=C(CN[C@H](I)CC)C1=C(N)N(Cc2ccc(F)cc2)C(=O)N(CC)C1=C. The Bertz CT molecular complexity index is 760. The van der Waals surface area contributed by atoms with Crippen LogP contribution < -0.4 is 11.1 Å². The van der Waals surface area contributed by atoms with Crippen molar-refractivity contribution in [3.63, 3.8) is 0 Å². The molecule has 2 amide bonds. The van der Waals surface area contributed by atoms with Gasteiger partial charge in [-0.3, -0.25) is 9.80 Å². The van der Waals surface area contributed by atoms with Crippen LogP contribution in [0.25, 0.3) is 0 Å². The molecule has 2 rings (SSSR count). The van der Waals surface area contributed by atoms with Gasteiger partial charge in [-0.1, -0.05) is 54.8 Å². The lowest BCUT2D eigenvalue weighted by atomic mass is 10.0. The van der Waals surface area contributed by atoms with E-state index in [4.69, 9.17) is 5.73 Å². The quantitative estimate of drug-likeness (QED) is 0.332. The Kier molecular flexibility index (Phi) is 7.43. The minimum Gasteiger partial charge on any atom is -0.384 e. The van der Waals surface area contributed by atoms with E-state index in [1.807, 2.05) is 6.92 Å². The predicted molar refractivity (Wildman–Crippen MR) is 115 cm³/mol. The van der Waals surface area contributed by atoms with E-state index in [-0.39, 0.29) is 18.4 Å². The number of likely N-dealkylation sites (N-methyl/N-ethyl adjacent to an activating group) is 1. The molecule has 1 heterocycles. The highest BCUT2D eigenvalue weighted by molar-refractivity contribution is 14.1. The van der Waals surface area contributed by atoms with E-state index in [1.54, 1.807) is 17.0 Å². The monoisotopic (exact) mass is 484 g/mol. The van der Waals surface area contributed by atoms with Crippen LogP contribution in [0.4, 0.5) is 9.18 Å². The number of nitrogens with two attached hydrogens (primary N) is 1. The maximum absolute atomic E-state index is 13.2. The minimum absolute atomic E-state index is 0.242. The summed E-state index contributed by atoms with van der Waals surface area (Å²) in [6.07, 6.45) is 0.986. The lowest BCUT2D eigenvalue weighted by Crippen LogP contribution is -2.49. The summed E-state index contributed by atoms with van der Waals surface area (Å²) in [5.74, 6) is 0.00699. The highest BCUT2D eigenvalue weighted by Crippen LogP contribution is 2.31. The number of alkyl halides is 1. The Morgan fingerprint density at radius 2 is 1.93 bits per heavy atom. The van der Waals surface area contributed by atoms with Crippen LogP contribution in [0.2, 0.25) is 0 Å². The van der Waals surface area contributed by atoms with Gasteiger partial charge >= 0.3 is 6.03 Å². The molecule has 3 N–H and O–H groups in total. The molecule has 146 valence electrons. The number of carbonyl (C=O) groups is 1. The summed E-state index contributed by atoms with van der Waals surface area (Å²) in [5.41, 5.74) is 9.19. The number of allylic oxidation sites excluding steroid dienone is 1. The summed E-state index contributed by atoms with van der Waals surface area (Å²) in [5, 5.41) is 3.38. The van der Waals surface area contributed by atoms with Crippen molar-refractivity contribution in [2.24, 2.45) is 5.73 Å². The van der Waals surface area contributed by atoms with E-state index in [2.05, 4.69) is 48.0 Å². The summed E-state index contributed by atoms with van der Waals surface area (Å²) in [4.78, 5) is 16.0. The Morgan fingerprint density at radius 3 is 2.48 bits per heavy atom. The molecule has 5 nitrogen and oxygen atoms in total. The number of rotatable bonds is 8. The van der Waals surface area contributed by atoms with Crippen molar-refractivity contribution in [2.75, 3.05) is 13.1 Å². The Hall–Kier alpha value is -1.87. The van der Waals surface area contributed by atoms with E-state index >= 15 is 0 Å². The molecular weight excluding hydrogens is 458 g/mol. The van der Waals surface area contributed by atoms with Crippen LogP contribution in [0.5, 0.6) is 0 Å². The number of nitrogens with one attached hydrogen (secondary N) is 1. The molecule has 1 aromatic carbocycles. The van der Waals surface area contributed by atoms with Gasteiger partial charge in [0.2, 0.25) is 0 Å². The van der Waals surface area contributed by atoms with Gasteiger partial charge in [-0.15, -0.1) is 0 Å². The molecule has 1 aromatic rings. The molecule has 1 atom stereocenters. The van der Waals surface area contributed by atoms with Gasteiger partial charge in [-0.05, 0) is 36.6 Å². The van der Waals surface area contributed by atoms with Crippen molar-refractivity contribution < 1.29 is 9.18 Å². The van der Waals surface area contributed by atoms with Gasteiger partial charge < -0.3 is 11.1 Å². The Balaban J connectivity index is 2.34. The fraction of sp³-hybridized carbons (Fsp3) is 0.350. The van der Waals surface area contributed by atoms with Crippen LogP contribution in [-0.4, -0.2) is 33.0 Å².